The third-order valence-electron chi connectivity index (χ3n) is 4.89. The van der Waals surface area contributed by atoms with Gasteiger partial charge in [-0.1, -0.05) is 51.1 Å². The van der Waals surface area contributed by atoms with E-state index < -0.39 is 0 Å². The summed E-state index contributed by atoms with van der Waals surface area (Å²) in [5.41, 5.74) is 1.07. The lowest BCUT2D eigenvalue weighted by Crippen LogP contribution is -2.46. The zero-order valence-corrected chi connectivity index (χ0v) is 18.4. The van der Waals surface area contributed by atoms with E-state index >= 15 is 0 Å². The lowest BCUT2D eigenvalue weighted by Gasteiger charge is -2.30. The Morgan fingerprint density at radius 1 is 1.07 bits per heavy atom. The van der Waals surface area contributed by atoms with E-state index in [4.69, 9.17) is 4.74 Å². The largest absolute Gasteiger partial charge is 0.461 e. The molecule has 2 amide bonds. The van der Waals surface area contributed by atoms with Gasteiger partial charge in [0.05, 0.1) is 12.5 Å². The molecule has 2 N–H and O–H groups in total. The Bertz CT molecular complexity index is 700. The summed E-state index contributed by atoms with van der Waals surface area (Å²) in [4.78, 5) is 38.4. The molecule has 0 bridgehead atoms. The van der Waals surface area contributed by atoms with E-state index in [1.807, 2.05) is 30.3 Å². The molecule has 0 aromatic heterocycles. The summed E-state index contributed by atoms with van der Waals surface area (Å²) >= 11 is 0. The molecule has 0 spiro atoms. The van der Waals surface area contributed by atoms with E-state index in [0.29, 0.717) is 6.54 Å². The number of ether oxygens (including phenoxy) is 1. The number of carbonyl (C=O) groups is 3. The summed E-state index contributed by atoms with van der Waals surface area (Å²) in [7, 11) is 0. The van der Waals surface area contributed by atoms with Crippen molar-refractivity contribution in [1.29, 1.82) is 0 Å². The minimum absolute atomic E-state index is 0.00552. The van der Waals surface area contributed by atoms with Crippen LogP contribution in [0.25, 0.3) is 0 Å². The van der Waals surface area contributed by atoms with Crippen molar-refractivity contribution in [1.82, 2.24) is 15.5 Å². The van der Waals surface area contributed by atoms with Crippen LogP contribution in [0.4, 0.5) is 0 Å². The first kappa shape index (κ1) is 23.9. The van der Waals surface area contributed by atoms with Crippen molar-refractivity contribution in [3.8, 4) is 0 Å². The van der Waals surface area contributed by atoms with Crippen LogP contribution in [0.2, 0.25) is 0 Å². The molecule has 1 fully saturated rings. The van der Waals surface area contributed by atoms with Gasteiger partial charge in [-0.25, -0.2) is 0 Å². The van der Waals surface area contributed by atoms with Crippen LogP contribution in [0.5, 0.6) is 0 Å². The Morgan fingerprint density at radius 3 is 2.47 bits per heavy atom. The fraction of sp³-hybridized carbons (Fsp3) is 0.609. The van der Waals surface area contributed by atoms with Gasteiger partial charge in [0, 0.05) is 26.1 Å². The molecule has 0 radical (unpaired) electrons. The van der Waals surface area contributed by atoms with Crippen LogP contribution in [-0.2, 0) is 25.7 Å². The fourth-order valence-corrected chi connectivity index (χ4v) is 3.54. The molecule has 2 rings (SSSR count). The summed E-state index contributed by atoms with van der Waals surface area (Å²) in [5.74, 6) is -0.550. The predicted molar refractivity (Wildman–Crippen MR) is 116 cm³/mol. The molecule has 1 aromatic carbocycles. The number of hydrogen-bond donors (Lipinski definition) is 2. The van der Waals surface area contributed by atoms with Crippen molar-refractivity contribution >= 4 is 17.8 Å². The Morgan fingerprint density at radius 2 is 1.77 bits per heavy atom. The van der Waals surface area contributed by atoms with E-state index in [1.165, 1.54) is 0 Å². The highest BCUT2D eigenvalue weighted by Gasteiger charge is 2.32. The first-order chi connectivity index (χ1) is 14.2. The molecule has 166 valence electrons. The standard InChI is InChI=1S/C23H35N3O4/c1-23(2,3)17-26-15-7-10-19(26)22(29)25-13-11-20(27)24-14-12-21(28)30-16-18-8-5-4-6-9-18/h4-6,8-9,19H,7,10-17H2,1-3H3,(H,24,27)(H,25,29). The molecule has 1 atom stereocenters. The molecule has 1 unspecified atom stereocenters. The topological polar surface area (TPSA) is 87.7 Å². The first-order valence-corrected chi connectivity index (χ1v) is 10.7. The maximum Gasteiger partial charge on any atom is 0.307 e. The number of rotatable bonds is 10. The Balaban J connectivity index is 1.57. The van der Waals surface area contributed by atoms with Gasteiger partial charge in [0.2, 0.25) is 11.8 Å². The van der Waals surface area contributed by atoms with Gasteiger partial charge < -0.3 is 15.4 Å². The second-order valence-corrected chi connectivity index (χ2v) is 8.98. The molecule has 1 aliphatic rings. The molecular weight excluding hydrogens is 382 g/mol. The van der Waals surface area contributed by atoms with Gasteiger partial charge in [-0.15, -0.1) is 0 Å². The van der Waals surface area contributed by atoms with Crippen molar-refractivity contribution in [2.45, 2.75) is 59.1 Å². The van der Waals surface area contributed by atoms with Gasteiger partial charge in [0.15, 0.2) is 0 Å². The number of esters is 1. The monoisotopic (exact) mass is 417 g/mol. The third-order valence-corrected chi connectivity index (χ3v) is 4.89. The Kier molecular flexibility index (Phi) is 9.30. The number of carbonyl (C=O) groups excluding carboxylic acids is 3. The van der Waals surface area contributed by atoms with Crippen LogP contribution in [0, 0.1) is 5.41 Å². The van der Waals surface area contributed by atoms with Crippen molar-refractivity contribution < 1.29 is 19.1 Å². The van der Waals surface area contributed by atoms with Gasteiger partial charge in [-0.3, -0.25) is 19.3 Å². The van der Waals surface area contributed by atoms with E-state index in [2.05, 4.69) is 36.3 Å². The quantitative estimate of drug-likeness (QED) is 0.570. The van der Waals surface area contributed by atoms with Gasteiger partial charge in [-0.2, -0.15) is 0 Å². The zero-order valence-electron chi connectivity index (χ0n) is 18.4. The van der Waals surface area contributed by atoms with Crippen LogP contribution in [0.15, 0.2) is 30.3 Å². The molecule has 1 heterocycles. The van der Waals surface area contributed by atoms with Crippen molar-refractivity contribution in [3.05, 3.63) is 35.9 Å². The van der Waals surface area contributed by atoms with Gasteiger partial charge >= 0.3 is 5.97 Å². The van der Waals surface area contributed by atoms with Gasteiger partial charge in [-0.05, 0) is 30.4 Å². The minimum Gasteiger partial charge on any atom is -0.461 e. The SMILES string of the molecule is CC(C)(C)CN1CCCC1C(=O)NCCC(=O)NCCC(=O)OCc1ccccc1. The highest BCUT2D eigenvalue weighted by atomic mass is 16.5. The Labute approximate surface area is 179 Å². The third kappa shape index (κ3) is 8.95. The molecule has 0 saturated carbocycles. The number of amides is 2. The normalized spacial score (nSPS) is 16.8. The van der Waals surface area contributed by atoms with Crippen LogP contribution >= 0.6 is 0 Å². The summed E-state index contributed by atoms with van der Waals surface area (Å²) in [6.45, 7) is 9.08. The number of benzene rings is 1. The number of nitrogens with zero attached hydrogens (tertiary/aromatic N) is 1. The zero-order chi connectivity index (χ0) is 22.0. The molecule has 30 heavy (non-hydrogen) atoms. The molecule has 1 saturated heterocycles. The molecule has 7 nitrogen and oxygen atoms in total. The van der Waals surface area contributed by atoms with E-state index in [1.54, 1.807) is 0 Å². The van der Waals surface area contributed by atoms with Crippen molar-refractivity contribution in [2.75, 3.05) is 26.2 Å². The maximum atomic E-state index is 12.5. The molecule has 7 heteroatoms. The average Bonchev–Trinajstić information content (AvgIpc) is 3.13. The van der Waals surface area contributed by atoms with Crippen molar-refractivity contribution in [3.63, 3.8) is 0 Å². The van der Waals surface area contributed by atoms with E-state index in [-0.39, 0.29) is 55.2 Å². The van der Waals surface area contributed by atoms with Crippen LogP contribution in [0.3, 0.4) is 0 Å². The molecule has 1 aliphatic heterocycles. The van der Waals surface area contributed by atoms with Gasteiger partial charge in [0.1, 0.15) is 6.61 Å². The number of likely N-dealkylation sites (tertiary alicyclic amines) is 1. The summed E-state index contributed by atoms with van der Waals surface area (Å²) in [6, 6.07) is 9.34. The second-order valence-electron chi connectivity index (χ2n) is 8.98. The first-order valence-electron chi connectivity index (χ1n) is 10.7. The van der Waals surface area contributed by atoms with E-state index in [9.17, 15) is 14.4 Å². The summed E-state index contributed by atoms with van der Waals surface area (Å²) in [5, 5.41) is 5.57. The average molecular weight is 418 g/mol. The lowest BCUT2D eigenvalue weighted by atomic mass is 9.95. The van der Waals surface area contributed by atoms with Crippen LogP contribution in [-0.4, -0.2) is 54.9 Å². The van der Waals surface area contributed by atoms with Crippen LogP contribution in [0.1, 0.15) is 52.0 Å². The van der Waals surface area contributed by atoms with E-state index in [0.717, 1.165) is 31.5 Å². The predicted octanol–water partition coefficient (Wildman–Crippen LogP) is 2.25. The summed E-state index contributed by atoms with van der Waals surface area (Å²) in [6.07, 6.45) is 2.19. The maximum absolute atomic E-state index is 12.5. The van der Waals surface area contributed by atoms with Crippen LogP contribution < -0.4 is 10.6 Å². The number of nitrogens with one attached hydrogen (secondary N) is 2. The highest BCUT2D eigenvalue weighted by molar-refractivity contribution is 5.83. The highest BCUT2D eigenvalue weighted by Crippen LogP contribution is 2.23. The second kappa shape index (κ2) is 11.7. The van der Waals surface area contributed by atoms with Crippen molar-refractivity contribution in [2.24, 2.45) is 5.41 Å². The number of hydrogen-bond acceptors (Lipinski definition) is 5. The molecular formula is C23H35N3O4. The molecule has 0 aliphatic carbocycles. The van der Waals surface area contributed by atoms with Gasteiger partial charge in [0.25, 0.3) is 0 Å². The fourth-order valence-electron chi connectivity index (χ4n) is 3.54. The Hall–Kier alpha value is -2.41. The smallest absolute Gasteiger partial charge is 0.307 e. The lowest BCUT2D eigenvalue weighted by molar-refractivity contribution is -0.144. The molecule has 1 aromatic rings. The summed E-state index contributed by atoms with van der Waals surface area (Å²) < 4.78 is 5.17. The minimum atomic E-state index is -0.354.